The lowest BCUT2D eigenvalue weighted by molar-refractivity contribution is 0.591. The molecule has 86 heavy (non-hydrogen) atoms. The summed E-state index contributed by atoms with van der Waals surface area (Å²) in [5.41, 5.74) is 21.2. The number of hydrogen-bond donors (Lipinski definition) is 0. The van der Waals surface area contributed by atoms with Crippen LogP contribution < -0.4 is 0 Å². The third-order valence-electron chi connectivity index (χ3n) is 19.5. The molecule has 0 aliphatic rings. The molecule has 0 bridgehead atoms. The van der Waals surface area contributed by atoms with Gasteiger partial charge in [0.1, 0.15) is 5.65 Å². The van der Waals surface area contributed by atoms with Crippen molar-refractivity contribution in [3.05, 3.63) is 248 Å². The number of benzene rings is 12. The molecule has 19 aromatic rings. The van der Waals surface area contributed by atoms with Crippen LogP contribution in [0.4, 0.5) is 0 Å². The van der Waals surface area contributed by atoms with Gasteiger partial charge in [0.05, 0.1) is 55.8 Å². The Kier molecular flexibility index (Phi) is 9.28. The summed E-state index contributed by atoms with van der Waals surface area (Å²) >= 11 is 0. The fourth-order valence-corrected chi connectivity index (χ4v) is 15.5. The molecular formula is C81H57N5. The molecule has 0 N–H and O–H groups in total. The number of para-hydroxylation sites is 4. The Morgan fingerprint density at radius 2 is 0.744 bits per heavy atom. The summed E-state index contributed by atoms with van der Waals surface area (Å²) in [6.45, 7) is 14.2. The standard InChI is InChI=1S/C81H57N5/c1-80(2,3)50-41-59(49-34-36-69-61(39-49)57-30-18-20-32-67(57)84(69)53-25-11-8-12-26-53)75-62(42-50)63-43-51(81(4,5)6)44-65-71-70(85(75)76(63)65)45-82-79-74(71)64-40-47-22-14-16-28-55(47)73-72-54-27-15-13-21-46(54)37-58(77(72)86(79)78(64)73)48-33-35-68-60(38-48)56-29-17-19-31-66(56)83(68)52-23-9-7-10-24-52/h7-45H,1-6H3. The predicted molar refractivity (Wildman–Crippen MR) is 366 cm³/mol. The highest BCUT2D eigenvalue weighted by atomic mass is 15.0. The highest BCUT2D eigenvalue weighted by molar-refractivity contribution is 6.41. The van der Waals surface area contributed by atoms with E-state index in [0.717, 1.165) is 22.5 Å². The topological polar surface area (TPSA) is 31.6 Å². The second-order valence-electron chi connectivity index (χ2n) is 26.3. The van der Waals surface area contributed by atoms with Gasteiger partial charge in [0, 0.05) is 87.1 Å². The van der Waals surface area contributed by atoms with Crippen molar-refractivity contribution in [1.82, 2.24) is 22.9 Å². The molecule has 7 aromatic heterocycles. The van der Waals surface area contributed by atoms with E-state index in [9.17, 15) is 0 Å². The van der Waals surface area contributed by atoms with Crippen LogP contribution in [0.5, 0.6) is 0 Å². The lowest BCUT2D eigenvalue weighted by atomic mass is 9.83. The first kappa shape index (κ1) is 47.9. The maximum absolute atomic E-state index is 5.86. The number of fused-ring (bicyclic) bond motifs is 23. The number of pyridine rings is 1. The van der Waals surface area contributed by atoms with Crippen LogP contribution in [0.3, 0.4) is 0 Å². The molecule has 406 valence electrons. The summed E-state index contributed by atoms with van der Waals surface area (Å²) in [5.74, 6) is 0. The molecule has 0 saturated carbocycles. The van der Waals surface area contributed by atoms with Crippen LogP contribution in [0.2, 0.25) is 0 Å². The first-order valence-electron chi connectivity index (χ1n) is 30.3. The van der Waals surface area contributed by atoms with Gasteiger partial charge in [-0.15, -0.1) is 0 Å². The second-order valence-corrected chi connectivity index (χ2v) is 26.3. The van der Waals surface area contributed by atoms with Crippen LogP contribution in [-0.4, -0.2) is 22.9 Å². The quantitative estimate of drug-likeness (QED) is 0.173. The van der Waals surface area contributed by atoms with Gasteiger partial charge in [-0.2, -0.15) is 0 Å². The highest BCUT2D eigenvalue weighted by Gasteiger charge is 2.32. The summed E-state index contributed by atoms with van der Waals surface area (Å²) in [7, 11) is 0. The minimum atomic E-state index is -0.136. The van der Waals surface area contributed by atoms with Gasteiger partial charge in [0.25, 0.3) is 0 Å². The highest BCUT2D eigenvalue weighted by Crippen LogP contribution is 2.53. The molecule has 12 aromatic carbocycles. The van der Waals surface area contributed by atoms with Crippen molar-refractivity contribution in [1.29, 1.82) is 0 Å². The smallest absolute Gasteiger partial charge is 0.146 e. The van der Waals surface area contributed by atoms with E-state index in [1.807, 2.05) is 0 Å². The second kappa shape index (κ2) is 16.6. The first-order chi connectivity index (χ1) is 42.0. The largest absolute Gasteiger partial charge is 0.309 e. The third kappa shape index (κ3) is 6.26. The zero-order valence-corrected chi connectivity index (χ0v) is 48.8. The SMILES string of the molecule is CC(C)(C)c1cc(-c2ccc3c(c2)c2ccccc2n3-c2ccccc2)c2c(c1)c1cc(C(C)(C)C)cc3c4c5c6cc7ccccc7c7c8c9ccccc9cc(-c9ccc%10c(c9)c9ccccc9n%10-c9ccccc9)c8n(c5ncc4n2c13)c67. The van der Waals surface area contributed by atoms with E-state index < -0.39 is 0 Å². The van der Waals surface area contributed by atoms with Gasteiger partial charge in [-0.3, -0.25) is 4.40 Å². The molecule has 0 amide bonds. The van der Waals surface area contributed by atoms with Gasteiger partial charge in [-0.25, -0.2) is 4.98 Å². The normalized spacial score (nSPS) is 13.0. The Hall–Kier alpha value is -10.5. The monoisotopic (exact) mass is 1100 g/mol. The molecule has 0 fully saturated rings. The Morgan fingerprint density at radius 3 is 1.33 bits per heavy atom. The summed E-state index contributed by atoms with van der Waals surface area (Å²) in [5, 5.41) is 19.9. The molecule has 0 saturated heterocycles. The van der Waals surface area contributed by atoms with Crippen molar-refractivity contribution in [2.45, 2.75) is 52.4 Å². The summed E-state index contributed by atoms with van der Waals surface area (Å²) in [6, 6.07) is 86.7. The van der Waals surface area contributed by atoms with E-state index in [-0.39, 0.29) is 10.8 Å². The number of nitrogens with zero attached hydrogens (tertiary/aromatic N) is 5. The Bertz CT molecular complexity index is 6130. The molecule has 19 rings (SSSR count). The van der Waals surface area contributed by atoms with Crippen molar-refractivity contribution in [3.63, 3.8) is 0 Å². The van der Waals surface area contributed by atoms with E-state index in [2.05, 4.69) is 296 Å². The molecule has 0 radical (unpaired) electrons. The maximum atomic E-state index is 5.86. The lowest BCUT2D eigenvalue weighted by Gasteiger charge is -2.22. The molecule has 0 unspecified atom stereocenters. The average Bonchev–Trinajstić information content (AvgIpc) is 1.51. The number of rotatable bonds is 4. The van der Waals surface area contributed by atoms with Crippen molar-refractivity contribution in [2.24, 2.45) is 0 Å². The van der Waals surface area contributed by atoms with Crippen molar-refractivity contribution in [3.8, 4) is 33.6 Å². The zero-order chi connectivity index (χ0) is 57.2. The van der Waals surface area contributed by atoms with Crippen molar-refractivity contribution >= 4 is 141 Å². The average molecular weight is 1100 g/mol. The summed E-state index contributed by atoms with van der Waals surface area (Å²) in [4.78, 5) is 5.86. The van der Waals surface area contributed by atoms with Gasteiger partial charge < -0.3 is 13.5 Å². The van der Waals surface area contributed by atoms with Gasteiger partial charge in [-0.05, 0) is 152 Å². The van der Waals surface area contributed by atoms with Crippen LogP contribution in [0.25, 0.3) is 175 Å². The number of hydrogen-bond acceptors (Lipinski definition) is 1. The molecular weight excluding hydrogens is 1040 g/mol. The summed E-state index contributed by atoms with van der Waals surface area (Å²) in [6.07, 6.45) is 2.22. The summed E-state index contributed by atoms with van der Waals surface area (Å²) < 4.78 is 10.0. The minimum Gasteiger partial charge on any atom is -0.309 e. The van der Waals surface area contributed by atoms with Crippen LogP contribution >= 0.6 is 0 Å². The van der Waals surface area contributed by atoms with Crippen LogP contribution in [0, 0.1) is 0 Å². The molecule has 0 atom stereocenters. The van der Waals surface area contributed by atoms with Crippen molar-refractivity contribution in [2.75, 3.05) is 0 Å². The van der Waals surface area contributed by atoms with E-state index in [1.54, 1.807) is 0 Å². The molecule has 0 aliphatic heterocycles. The van der Waals surface area contributed by atoms with Gasteiger partial charge in [0.2, 0.25) is 0 Å². The van der Waals surface area contributed by atoms with Gasteiger partial charge >= 0.3 is 0 Å². The Labute approximate surface area is 495 Å². The Morgan fingerprint density at radius 1 is 0.291 bits per heavy atom. The van der Waals surface area contributed by atoms with Crippen LogP contribution in [0.1, 0.15) is 52.7 Å². The van der Waals surface area contributed by atoms with Gasteiger partial charge in [0.15, 0.2) is 0 Å². The van der Waals surface area contributed by atoms with Gasteiger partial charge in [-0.1, -0.05) is 175 Å². The van der Waals surface area contributed by atoms with E-state index in [1.165, 1.54) is 164 Å². The van der Waals surface area contributed by atoms with Crippen molar-refractivity contribution < 1.29 is 0 Å². The molecule has 0 aliphatic carbocycles. The third-order valence-corrected chi connectivity index (χ3v) is 19.5. The predicted octanol–water partition coefficient (Wildman–Crippen LogP) is 21.8. The molecule has 5 nitrogen and oxygen atoms in total. The first-order valence-corrected chi connectivity index (χ1v) is 30.3. The fraction of sp³-hybridized carbons (Fsp3) is 0.0988. The van der Waals surface area contributed by atoms with E-state index >= 15 is 0 Å². The number of aromatic nitrogens is 5. The molecule has 0 spiro atoms. The molecule has 5 heteroatoms. The van der Waals surface area contributed by atoms with E-state index in [0.29, 0.717) is 0 Å². The lowest BCUT2D eigenvalue weighted by Crippen LogP contribution is -2.11. The van der Waals surface area contributed by atoms with Crippen LogP contribution in [-0.2, 0) is 10.8 Å². The fourth-order valence-electron chi connectivity index (χ4n) is 15.5. The Balaban J connectivity index is 0.968. The molecule has 7 heterocycles. The minimum absolute atomic E-state index is 0.117. The van der Waals surface area contributed by atoms with Crippen LogP contribution in [0.15, 0.2) is 237 Å². The zero-order valence-electron chi connectivity index (χ0n) is 48.8. The maximum Gasteiger partial charge on any atom is 0.146 e. The van der Waals surface area contributed by atoms with E-state index in [4.69, 9.17) is 4.98 Å².